The molecule has 21 heavy (non-hydrogen) atoms. The van der Waals surface area contributed by atoms with Crippen LogP contribution in [0.4, 0.5) is 23.7 Å². The van der Waals surface area contributed by atoms with Crippen LogP contribution in [0, 0.1) is 0 Å². The van der Waals surface area contributed by atoms with Gasteiger partial charge in [0.25, 0.3) is 5.91 Å². The Labute approximate surface area is 117 Å². The zero-order valence-corrected chi connectivity index (χ0v) is 10.6. The summed E-state index contributed by atoms with van der Waals surface area (Å²) in [4.78, 5) is 21.9. The van der Waals surface area contributed by atoms with Crippen LogP contribution in [-0.2, 0) is 4.74 Å². The van der Waals surface area contributed by atoms with Gasteiger partial charge in [-0.25, -0.2) is 4.79 Å². The summed E-state index contributed by atoms with van der Waals surface area (Å²) in [6.45, 7) is -0.145. The molecule has 1 aromatic rings. The fourth-order valence-electron chi connectivity index (χ4n) is 1.33. The van der Waals surface area contributed by atoms with E-state index in [-0.39, 0.29) is 24.4 Å². The third-order valence-corrected chi connectivity index (χ3v) is 2.13. The average molecular weight is 307 g/mol. The van der Waals surface area contributed by atoms with Gasteiger partial charge >= 0.3 is 12.5 Å². The van der Waals surface area contributed by atoms with Gasteiger partial charge in [-0.3, -0.25) is 4.79 Å². The van der Waals surface area contributed by atoms with Crippen molar-refractivity contribution in [3.63, 3.8) is 0 Å². The summed E-state index contributed by atoms with van der Waals surface area (Å²) in [5.74, 6) is -1.20. The minimum absolute atomic E-state index is 0.0114. The zero-order valence-electron chi connectivity index (χ0n) is 10.6. The van der Waals surface area contributed by atoms with E-state index < -0.39 is 24.1 Å². The van der Waals surface area contributed by atoms with Crippen molar-refractivity contribution >= 4 is 17.7 Å². The molecule has 0 aliphatic rings. The molecule has 116 valence electrons. The summed E-state index contributed by atoms with van der Waals surface area (Å²) >= 11 is 0. The maximum atomic E-state index is 12.0. The van der Waals surface area contributed by atoms with Crippen LogP contribution in [0.3, 0.4) is 0 Å². The van der Waals surface area contributed by atoms with E-state index in [4.69, 9.17) is 11.5 Å². The highest BCUT2D eigenvalue weighted by Gasteiger charge is 2.32. The van der Waals surface area contributed by atoms with Crippen LogP contribution in [0.1, 0.15) is 10.4 Å². The van der Waals surface area contributed by atoms with E-state index in [1.165, 1.54) is 0 Å². The van der Waals surface area contributed by atoms with Gasteiger partial charge in [-0.2, -0.15) is 0 Å². The minimum atomic E-state index is -4.87. The van der Waals surface area contributed by atoms with Crippen LogP contribution in [0.15, 0.2) is 18.2 Å². The van der Waals surface area contributed by atoms with Crippen molar-refractivity contribution in [3.05, 3.63) is 23.8 Å². The second-order valence-corrected chi connectivity index (χ2v) is 3.72. The van der Waals surface area contributed by atoms with E-state index in [1.807, 2.05) is 0 Å². The number of primary amides is 1. The highest BCUT2D eigenvalue weighted by atomic mass is 19.4. The molecule has 2 amide bonds. The number of benzene rings is 1. The lowest BCUT2D eigenvalue weighted by atomic mass is 10.2. The van der Waals surface area contributed by atoms with Crippen molar-refractivity contribution in [1.82, 2.24) is 5.32 Å². The summed E-state index contributed by atoms with van der Waals surface area (Å²) in [7, 11) is 0. The summed E-state index contributed by atoms with van der Waals surface area (Å²) in [6.07, 6.45) is -5.86. The monoisotopic (exact) mass is 307 g/mol. The lowest BCUT2D eigenvalue weighted by molar-refractivity contribution is -0.274. The largest absolute Gasteiger partial charge is 0.573 e. The van der Waals surface area contributed by atoms with E-state index in [0.717, 1.165) is 18.2 Å². The second kappa shape index (κ2) is 6.68. The Hall–Kier alpha value is -2.65. The first kappa shape index (κ1) is 16.4. The van der Waals surface area contributed by atoms with Crippen molar-refractivity contribution < 1.29 is 32.2 Å². The number of rotatable bonds is 5. The van der Waals surface area contributed by atoms with Gasteiger partial charge in [0, 0.05) is 5.56 Å². The second-order valence-electron chi connectivity index (χ2n) is 3.72. The normalized spacial score (nSPS) is 10.8. The maximum absolute atomic E-state index is 12.0. The number of carbonyl (C=O) groups excluding carboxylic acids is 2. The van der Waals surface area contributed by atoms with Gasteiger partial charge in [0.2, 0.25) is 0 Å². The number of alkyl halides is 3. The molecule has 0 aromatic heterocycles. The number of nitrogens with two attached hydrogens (primary N) is 2. The first-order valence-corrected chi connectivity index (χ1v) is 5.55. The lowest BCUT2D eigenvalue weighted by Crippen LogP contribution is -2.29. The summed E-state index contributed by atoms with van der Waals surface area (Å²) in [5.41, 5.74) is 9.77. The smallest absolute Gasteiger partial charge is 0.448 e. The lowest BCUT2D eigenvalue weighted by Gasteiger charge is -2.12. The quantitative estimate of drug-likeness (QED) is 0.554. The molecule has 0 aliphatic carbocycles. The molecule has 0 aliphatic heterocycles. The number of hydrogen-bond donors (Lipinski definition) is 3. The standard InChI is InChI=1S/C11H12F3N3O4/c12-11(13,14)21-8-2-1-6(5-7(8)15)9(18)17-3-4-20-10(16)19/h1-2,5H,3-4,15H2,(H2,16,19)(H,17,18). The predicted molar refractivity (Wildman–Crippen MR) is 65.4 cm³/mol. The van der Waals surface area contributed by atoms with E-state index >= 15 is 0 Å². The number of nitrogens with one attached hydrogen (secondary N) is 1. The van der Waals surface area contributed by atoms with E-state index in [9.17, 15) is 22.8 Å². The maximum Gasteiger partial charge on any atom is 0.573 e. The van der Waals surface area contributed by atoms with Crippen molar-refractivity contribution in [2.24, 2.45) is 5.73 Å². The molecule has 0 saturated carbocycles. The molecule has 0 radical (unpaired) electrons. The molecule has 0 heterocycles. The number of hydrogen-bond acceptors (Lipinski definition) is 5. The topological polar surface area (TPSA) is 117 Å². The van der Waals surface area contributed by atoms with Crippen LogP contribution >= 0.6 is 0 Å². The molecule has 0 unspecified atom stereocenters. The molecule has 0 saturated heterocycles. The van der Waals surface area contributed by atoms with Gasteiger partial charge in [-0.1, -0.05) is 0 Å². The molecule has 1 aromatic carbocycles. The van der Waals surface area contributed by atoms with Gasteiger partial charge in [-0.05, 0) is 18.2 Å². The highest BCUT2D eigenvalue weighted by molar-refractivity contribution is 5.95. The number of anilines is 1. The molecule has 0 spiro atoms. The number of ether oxygens (including phenoxy) is 2. The Kier molecular flexibility index (Phi) is 5.22. The first-order valence-electron chi connectivity index (χ1n) is 5.55. The molecule has 1 rings (SSSR count). The zero-order chi connectivity index (χ0) is 16.0. The van der Waals surface area contributed by atoms with Crippen LogP contribution < -0.4 is 21.5 Å². The van der Waals surface area contributed by atoms with Crippen molar-refractivity contribution in [2.45, 2.75) is 6.36 Å². The summed E-state index contributed by atoms with van der Waals surface area (Å²) in [5, 5.41) is 2.36. The van der Waals surface area contributed by atoms with Gasteiger partial charge in [0.1, 0.15) is 6.61 Å². The van der Waals surface area contributed by atoms with Crippen LogP contribution in [0.5, 0.6) is 5.75 Å². The molecule has 5 N–H and O–H groups in total. The Balaban J connectivity index is 2.62. The summed E-state index contributed by atoms with van der Waals surface area (Å²) < 4.78 is 44.2. The van der Waals surface area contributed by atoms with Crippen LogP contribution in [0.2, 0.25) is 0 Å². The molecule has 0 atom stereocenters. The van der Waals surface area contributed by atoms with Gasteiger partial charge < -0.3 is 26.3 Å². The Morgan fingerprint density at radius 1 is 1.29 bits per heavy atom. The molecule has 0 fully saturated rings. The SMILES string of the molecule is NC(=O)OCCNC(=O)c1ccc(OC(F)(F)F)c(N)c1. The van der Waals surface area contributed by atoms with E-state index in [2.05, 4.69) is 14.8 Å². The highest BCUT2D eigenvalue weighted by Crippen LogP contribution is 2.28. The van der Waals surface area contributed by atoms with Gasteiger partial charge in [-0.15, -0.1) is 13.2 Å². The first-order chi connectivity index (χ1) is 9.69. The Morgan fingerprint density at radius 2 is 1.95 bits per heavy atom. The third-order valence-electron chi connectivity index (χ3n) is 2.13. The summed E-state index contributed by atoms with van der Waals surface area (Å²) in [6, 6.07) is 3.07. The number of nitrogen functional groups attached to an aromatic ring is 1. The fraction of sp³-hybridized carbons (Fsp3) is 0.273. The van der Waals surface area contributed by atoms with Gasteiger partial charge in [0.05, 0.1) is 12.2 Å². The molecule has 10 heteroatoms. The molecule has 7 nitrogen and oxygen atoms in total. The predicted octanol–water partition coefficient (Wildman–Crippen LogP) is 0.993. The number of carbonyl (C=O) groups is 2. The number of halogens is 3. The Bertz CT molecular complexity index is 534. The van der Waals surface area contributed by atoms with Crippen molar-refractivity contribution in [3.8, 4) is 5.75 Å². The van der Waals surface area contributed by atoms with Crippen molar-refractivity contribution in [1.29, 1.82) is 0 Å². The van der Waals surface area contributed by atoms with Crippen LogP contribution in [-0.4, -0.2) is 31.5 Å². The van der Waals surface area contributed by atoms with Crippen molar-refractivity contribution in [2.75, 3.05) is 18.9 Å². The third kappa shape index (κ3) is 5.89. The van der Waals surface area contributed by atoms with Gasteiger partial charge in [0.15, 0.2) is 5.75 Å². The Morgan fingerprint density at radius 3 is 2.48 bits per heavy atom. The van der Waals surface area contributed by atoms with Crippen LogP contribution in [0.25, 0.3) is 0 Å². The van der Waals surface area contributed by atoms with E-state index in [0.29, 0.717) is 0 Å². The van der Waals surface area contributed by atoms with E-state index in [1.54, 1.807) is 0 Å². The minimum Gasteiger partial charge on any atom is -0.448 e. The molecular weight excluding hydrogens is 295 g/mol. The molecular formula is C11H12F3N3O4. The average Bonchev–Trinajstić information content (AvgIpc) is 2.35. The molecule has 0 bridgehead atoms. The fourth-order valence-corrected chi connectivity index (χ4v) is 1.33. The number of amides is 2.